The van der Waals surface area contributed by atoms with Crippen molar-refractivity contribution in [1.29, 1.82) is 0 Å². The normalized spacial score (nSPS) is 12.2. The molecule has 94 valence electrons. The number of pyridine rings is 1. The number of nitrogens with zero attached hydrogens (tertiary/aromatic N) is 1. The van der Waals surface area contributed by atoms with Crippen LogP contribution in [0.2, 0.25) is 0 Å². The molecule has 0 aliphatic carbocycles. The highest BCUT2D eigenvalue weighted by atomic mass is 19.1. The van der Waals surface area contributed by atoms with E-state index in [1.807, 2.05) is 19.9 Å². The fourth-order valence-electron chi connectivity index (χ4n) is 1.62. The summed E-state index contributed by atoms with van der Waals surface area (Å²) in [6.45, 7) is 3.70. The smallest absolute Gasteiger partial charge is 0.223 e. The van der Waals surface area contributed by atoms with E-state index in [9.17, 15) is 4.39 Å². The molecule has 0 fully saturated rings. The molecule has 3 nitrogen and oxygen atoms in total. The summed E-state index contributed by atoms with van der Waals surface area (Å²) in [5.41, 5.74) is 7.48. The van der Waals surface area contributed by atoms with Gasteiger partial charge in [0, 0.05) is 23.9 Å². The molecule has 0 radical (unpaired) electrons. The molecule has 1 aromatic heterocycles. The Morgan fingerprint density at radius 2 is 2.11 bits per heavy atom. The molecule has 1 aromatic carbocycles. The van der Waals surface area contributed by atoms with Crippen molar-refractivity contribution in [2.75, 3.05) is 0 Å². The molecule has 0 saturated carbocycles. The van der Waals surface area contributed by atoms with E-state index in [1.54, 1.807) is 18.3 Å². The van der Waals surface area contributed by atoms with Crippen molar-refractivity contribution in [3.8, 4) is 11.6 Å². The van der Waals surface area contributed by atoms with Crippen LogP contribution in [0.4, 0.5) is 4.39 Å². The maximum absolute atomic E-state index is 13.2. The standard InChI is InChI=1S/C14H15FN2O/c1-9-5-6-11(15)8-13(9)18-14-12(10(2)16)4-3-7-17-14/h3-8,10H,16H2,1-2H3/t10-/m1/s1. The van der Waals surface area contributed by atoms with Gasteiger partial charge in [0.1, 0.15) is 11.6 Å². The van der Waals surface area contributed by atoms with E-state index >= 15 is 0 Å². The van der Waals surface area contributed by atoms with Crippen molar-refractivity contribution >= 4 is 0 Å². The minimum atomic E-state index is -0.339. The number of ether oxygens (including phenoxy) is 1. The molecule has 18 heavy (non-hydrogen) atoms. The SMILES string of the molecule is Cc1ccc(F)cc1Oc1ncccc1[C@@H](C)N. The molecular formula is C14H15FN2O. The van der Waals surface area contributed by atoms with Gasteiger partial charge in [-0.1, -0.05) is 12.1 Å². The molecule has 0 aliphatic heterocycles. The Morgan fingerprint density at radius 1 is 1.33 bits per heavy atom. The third-order valence-corrected chi connectivity index (χ3v) is 2.65. The van der Waals surface area contributed by atoms with Gasteiger partial charge < -0.3 is 10.5 Å². The van der Waals surface area contributed by atoms with E-state index in [0.717, 1.165) is 11.1 Å². The summed E-state index contributed by atoms with van der Waals surface area (Å²) in [5, 5.41) is 0. The molecule has 0 saturated heterocycles. The molecule has 0 amide bonds. The molecule has 1 heterocycles. The van der Waals surface area contributed by atoms with Gasteiger partial charge >= 0.3 is 0 Å². The van der Waals surface area contributed by atoms with Crippen LogP contribution in [-0.4, -0.2) is 4.98 Å². The van der Waals surface area contributed by atoms with E-state index in [1.165, 1.54) is 12.1 Å². The first-order valence-electron chi connectivity index (χ1n) is 5.72. The van der Waals surface area contributed by atoms with E-state index in [0.29, 0.717) is 11.6 Å². The summed E-state index contributed by atoms with van der Waals surface area (Å²) in [7, 11) is 0. The average molecular weight is 246 g/mol. The van der Waals surface area contributed by atoms with Crippen molar-refractivity contribution in [3.05, 3.63) is 53.5 Å². The quantitative estimate of drug-likeness (QED) is 0.903. The van der Waals surface area contributed by atoms with Crippen molar-refractivity contribution in [2.24, 2.45) is 5.73 Å². The lowest BCUT2D eigenvalue weighted by Crippen LogP contribution is -2.07. The predicted molar refractivity (Wildman–Crippen MR) is 68.1 cm³/mol. The summed E-state index contributed by atoms with van der Waals surface area (Å²) in [6, 6.07) is 7.86. The Morgan fingerprint density at radius 3 is 2.83 bits per heavy atom. The van der Waals surface area contributed by atoms with E-state index < -0.39 is 0 Å². The summed E-state index contributed by atoms with van der Waals surface area (Å²) in [4.78, 5) is 4.14. The largest absolute Gasteiger partial charge is 0.438 e. The second-order valence-corrected chi connectivity index (χ2v) is 4.20. The second kappa shape index (κ2) is 5.14. The number of benzene rings is 1. The highest BCUT2D eigenvalue weighted by Gasteiger charge is 2.11. The van der Waals surface area contributed by atoms with Gasteiger partial charge in [-0.3, -0.25) is 0 Å². The van der Waals surface area contributed by atoms with Crippen LogP contribution in [0.5, 0.6) is 11.6 Å². The van der Waals surface area contributed by atoms with Gasteiger partial charge in [0.05, 0.1) is 0 Å². The zero-order chi connectivity index (χ0) is 13.1. The first kappa shape index (κ1) is 12.5. The summed E-state index contributed by atoms with van der Waals surface area (Å²) >= 11 is 0. The number of hydrogen-bond donors (Lipinski definition) is 1. The lowest BCUT2D eigenvalue weighted by atomic mass is 10.1. The topological polar surface area (TPSA) is 48.1 Å². The number of hydrogen-bond acceptors (Lipinski definition) is 3. The van der Waals surface area contributed by atoms with Crippen molar-refractivity contribution in [1.82, 2.24) is 4.98 Å². The number of nitrogens with two attached hydrogens (primary N) is 1. The van der Waals surface area contributed by atoms with E-state index in [4.69, 9.17) is 10.5 Å². The Bertz CT molecular complexity index is 555. The number of halogens is 1. The summed E-state index contributed by atoms with van der Waals surface area (Å²) < 4.78 is 18.8. The fraction of sp³-hybridized carbons (Fsp3) is 0.214. The average Bonchev–Trinajstić information content (AvgIpc) is 2.34. The maximum Gasteiger partial charge on any atom is 0.223 e. The third kappa shape index (κ3) is 2.65. The van der Waals surface area contributed by atoms with Gasteiger partial charge in [0.15, 0.2) is 0 Å². The van der Waals surface area contributed by atoms with Crippen LogP contribution in [0.1, 0.15) is 24.1 Å². The van der Waals surface area contributed by atoms with E-state index in [-0.39, 0.29) is 11.9 Å². The first-order chi connectivity index (χ1) is 8.58. The Balaban J connectivity index is 2.37. The van der Waals surface area contributed by atoms with Gasteiger partial charge in [0.2, 0.25) is 5.88 Å². The predicted octanol–water partition coefficient (Wildman–Crippen LogP) is 3.34. The highest BCUT2D eigenvalue weighted by molar-refractivity contribution is 5.38. The molecule has 2 aromatic rings. The van der Waals surface area contributed by atoms with Crippen molar-refractivity contribution < 1.29 is 9.13 Å². The van der Waals surface area contributed by atoms with Gasteiger partial charge in [-0.05, 0) is 31.5 Å². The van der Waals surface area contributed by atoms with Crippen LogP contribution in [0.25, 0.3) is 0 Å². The Hall–Kier alpha value is -1.94. The van der Waals surface area contributed by atoms with Crippen LogP contribution in [-0.2, 0) is 0 Å². The minimum absolute atomic E-state index is 0.192. The Kier molecular flexibility index (Phi) is 3.58. The second-order valence-electron chi connectivity index (χ2n) is 4.20. The van der Waals surface area contributed by atoms with Gasteiger partial charge in [0.25, 0.3) is 0 Å². The van der Waals surface area contributed by atoms with Crippen LogP contribution in [0.15, 0.2) is 36.5 Å². The zero-order valence-corrected chi connectivity index (χ0v) is 10.4. The molecule has 0 aliphatic rings. The fourth-order valence-corrected chi connectivity index (χ4v) is 1.62. The Labute approximate surface area is 105 Å². The number of aromatic nitrogens is 1. The zero-order valence-electron chi connectivity index (χ0n) is 10.4. The van der Waals surface area contributed by atoms with Crippen LogP contribution >= 0.6 is 0 Å². The van der Waals surface area contributed by atoms with Gasteiger partial charge in [-0.2, -0.15) is 0 Å². The summed E-state index contributed by atoms with van der Waals surface area (Å²) in [5.74, 6) is 0.533. The molecular weight excluding hydrogens is 231 g/mol. The molecule has 1 atom stereocenters. The summed E-state index contributed by atoms with van der Waals surface area (Å²) in [6.07, 6.45) is 1.62. The molecule has 4 heteroatoms. The highest BCUT2D eigenvalue weighted by Crippen LogP contribution is 2.28. The lowest BCUT2D eigenvalue weighted by Gasteiger charge is -2.13. The molecule has 0 bridgehead atoms. The maximum atomic E-state index is 13.2. The van der Waals surface area contributed by atoms with Gasteiger partial charge in [-0.25, -0.2) is 9.37 Å². The molecule has 0 spiro atoms. The molecule has 0 unspecified atom stereocenters. The minimum Gasteiger partial charge on any atom is -0.438 e. The van der Waals surface area contributed by atoms with Gasteiger partial charge in [-0.15, -0.1) is 0 Å². The molecule has 2 N–H and O–H groups in total. The van der Waals surface area contributed by atoms with Crippen LogP contribution < -0.4 is 10.5 Å². The van der Waals surface area contributed by atoms with E-state index in [2.05, 4.69) is 4.98 Å². The van der Waals surface area contributed by atoms with Crippen LogP contribution in [0, 0.1) is 12.7 Å². The number of rotatable bonds is 3. The van der Waals surface area contributed by atoms with Crippen molar-refractivity contribution in [3.63, 3.8) is 0 Å². The molecule has 2 rings (SSSR count). The third-order valence-electron chi connectivity index (χ3n) is 2.65. The first-order valence-corrected chi connectivity index (χ1v) is 5.72. The lowest BCUT2D eigenvalue weighted by molar-refractivity contribution is 0.444. The van der Waals surface area contributed by atoms with Crippen LogP contribution in [0.3, 0.4) is 0 Å². The monoisotopic (exact) mass is 246 g/mol. The number of aryl methyl sites for hydroxylation is 1. The van der Waals surface area contributed by atoms with Crippen molar-refractivity contribution in [2.45, 2.75) is 19.9 Å².